The molecule has 15 heavy (non-hydrogen) atoms. The summed E-state index contributed by atoms with van der Waals surface area (Å²) in [5.41, 5.74) is 2.33. The van der Waals surface area contributed by atoms with Gasteiger partial charge in [-0.05, 0) is 43.2 Å². The molecule has 0 bridgehead atoms. The fourth-order valence-corrected chi connectivity index (χ4v) is 1.42. The van der Waals surface area contributed by atoms with Gasteiger partial charge in [0.15, 0.2) is 0 Å². The van der Waals surface area contributed by atoms with Crippen molar-refractivity contribution < 1.29 is 4.74 Å². The van der Waals surface area contributed by atoms with Crippen LogP contribution in [0.4, 0.5) is 0 Å². The molecule has 1 aromatic carbocycles. The van der Waals surface area contributed by atoms with Crippen LogP contribution in [-0.4, -0.2) is 10.2 Å². The lowest BCUT2D eigenvalue weighted by Gasteiger charge is -2.05. The molecule has 75 valence electrons. The third-order valence-electron chi connectivity index (χ3n) is 1.92. The van der Waals surface area contributed by atoms with E-state index in [1.54, 1.807) is 12.1 Å². The molecule has 1 radical (unpaired) electrons. The Bertz CT molecular complexity index is 434. The zero-order valence-electron chi connectivity index (χ0n) is 8.69. The van der Waals surface area contributed by atoms with Gasteiger partial charge in [0, 0.05) is 6.07 Å². The van der Waals surface area contributed by atoms with Crippen LogP contribution < -0.4 is 4.74 Å². The number of rotatable bonds is 2. The minimum atomic E-state index is 0.485. The van der Waals surface area contributed by atoms with Crippen LogP contribution in [0.5, 0.6) is 11.6 Å². The monoisotopic (exact) mass is 199 g/mol. The predicted octanol–water partition coefficient (Wildman–Crippen LogP) is 2.69. The molecule has 0 atom stereocenters. The molecule has 0 spiro atoms. The molecule has 3 nitrogen and oxygen atoms in total. The lowest BCUT2D eigenvalue weighted by Crippen LogP contribution is -1.90. The van der Waals surface area contributed by atoms with E-state index in [-0.39, 0.29) is 0 Å². The van der Waals surface area contributed by atoms with Gasteiger partial charge in [0.25, 0.3) is 0 Å². The van der Waals surface area contributed by atoms with Crippen molar-refractivity contribution in [3.05, 3.63) is 47.7 Å². The highest BCUT2D eigenvalue weighted by atomic mass is 16.5. The van der Waals surface area contributed by atoms with E-state index >= 15 is 0 Å². The zero-order chi connectivity index (χ0) is 10.7. The SMILES string of the molecule is Cc1cc(C)cc(Oc2cc[c]nn2)c1. The molecule has 2 rings (SSSR count). The normalized spacial score (nSPS) is 10.0. The molecule has 0 saturated heterocycles. The fourth-order valence-electron chi connectivity index (χ4n) is 1.42. The summed E-state index contributed by atoms with van der Waals surface area (Å²) in [7, 11) is 0. The number of hydrogen-bond acceptors (Lipinski definition) is 3. The van der Waals surface area contributed by atoms with Gasteiger partial charge in [-0.1, -0.05) is 6.07 Å². The first-order valence-corrected chi connectivity index (χ1v) is 4.70. The standard InChI is InChI=1S/C12H11N2O/c1-9-6-10(2)8-11(7-9)15-12-4-3-5-13-14-12/h3-4,6-8H,1-2H3. The molecule has 2 aromatic rings. The maximum atomic E-state index is 5.55. The van der Waals surface area contributed by atoms with Crippen LogP contribution in [-0.2, 0) is 0 Å². The molecule has 1 aromatic heterocycles. The molecular weight excluding hydrogens is 188 g/mol. The van der Waals surface area contributed by atoms with Crippen LogP contribution in [0, 0.1) is 20.0 Å². The van der Waals surface area contributed by atoms with Crippen molar-refractivity contribution in [3.8, 4) is 11.6 Å². The first-order valence-electron chi connectivity index (χ1n) is 4.70. The summed E-state index contributed by atoms with van der Waals surface area (Å²) in [5, 5.41) is 7.43. The van der Waals surface area contributed by atoms with Crippen LogP contribution in [0.3, 0.4) is 0 Å². The predicted molar refractivity (Wildman–Crippen MR) is 56.9 cm³/mol. The summed E-state index contributed by atoms with van der Waals surface area (Å²) < 4.78 is 5.55. The van der Waals surface area contributed by atoms with Crippen LogP contribution in [0.25, 0.3) is 0 Å². The highest BCUT2D eigenvalue weighted by Gasteiger charge is 1.99. The number of aromatic nitrogens is 2. The van der Waals surface area contributed by atoms with Crippen molar-refractivity contribution in [2.24, 2.45) is 0 Å². The van der Waals surface area contributed by atoms with Crippen LogP contribution in [0.1, 0.15) is 11.1 Å². The van der Waals surface area contributed by atoms with Crippen molar-refractivity contribution >= 4 is 0 Å². The molecule has 0 fully saturated rings. The smallest absolute Gasteiger partial charge is 0.238 e. The summed E-state index contributed by atoms with van der Waals surface area (Å²) in [6, 6.07) is 9.42. The molecule has 0 saturated carbocycles. The minimum absolute atomic E-state index is 0.485. The Balaban J connectivity index is 2.25. The van der Waals surface area contributed by atoms with Gasteiger partial charge in [0.2, 0.25) is 5.88 Å². The van der Waals surface area contributed by atoms with Crippen LogP contribution >= 0.6 is 0 Å². The van der Waals surface area contributed by atoms with E-state index in [4.69, 9.17) is 4.74 Å². The second-order valence-corrected chi connectivity index (χ2v) is 3.43. The third-order valence-corrected chi connectivity index (χ3v) is 1.92. The summed E-state index contributed by atoms with van der Waals surface area (Å²) in [5.74, 6) is 1.27. The Hall–Kier alpha value is -1.90. The molecule has 0 N–H and O–H groups in total. The number of nitrogens with zero attached hydrogens (tertiary/aromatic N) is 2. The highest BCUT2D eigenvalue weighted by molar-refractivity contribution is 5.34. The van der Waals surface area contributed by atoms with E-state index < -0.39 is 0 Å². The van der Waals surface area contributed by atoms with E-state index in [0.29, 0.717) is 5.88 Å². The van der Waals surface area contributed by atoms with Crippen molar-refractivity contribution in [2.75, 3.05) is 0 Å². The number of hydrogen-bond donors (Lipinski definition) is 0. The third kappa shape index (κ3) is 2.53. The molecule has 3 heteroatoms. The van der Waals surface area contributed by atoms with E-state index in [1.807, 2.05) is 26.0 Å². The van der Waals surface area contributed by atoms with Gasteiger partial charge >= 0.3 is 0 Å². The Morgan fingerprint density at radius 3 is 2.47 bits per heavy atom. The fraction of sp³-hybridized carbons (Fsp3) is 0.167. The summed E-state index contributed by atoms with van der Waals surface area (Å²) >= 11 is 0. The average Bonchev–Trinajstić information content (AvgIpc) is 2.17. The van der Waals surface area contributed by atoms with Gasteiger partial charge in [0.1, 0.15) is 11.9 Å². The lowest BCUT2D eigenvalue weighted by molar-refractivity contribution is 0.454. The molecule has 0 aliphatic heterocycles. The average molecular weight is 199 g/mol. The Morgan fingerprint density at radius 2 is 1.87 bits per heavy atom. The largest absolute Gasteiger partial charge is 0.438 e. The van der Waals surface area contributed by atoms with Crippen LogP contribution in [0.2, 0.25) is 0 Å². The van der Waals surface area contributed by atoms with Gasteiger partial charge in [0.05, 0.1) is 0 Å². The number of benzene rings is 1. The van der Waals surface area contributed by atoms with Crippen molar-refractivity contribution in [2.45, 2.75) is 13.8 Å². The van der Waals surface area contributed by atoms with Gasteiger partial charge in [-0.3, -0.25) is 0 Å². The van der Waals surface area contributed by atoms with Gasteiger partial charge in [-0.15, -0.1) is 10.2 Å². The second-order valence-electron chi connectivity index (χ2n) is 3.43. The first kappa shape index (κ1) is 9.65. The summed E-state index contributed by atoms with van der Waals surface area (Å²) in [4.78, 5) is 0. The lowest BCUT2D eigenvalue weighted by atomic mass is 10.1. The highest BCUT2D eigenvalue weighted by Crippen LogP contribution is 2.21. The van der Waals surface area contributed by atoms with E-state index in [0.717, 1.165) is 5.75 Å². The van der Waals surface area contributed by atoms with Gasteiger partial charge < -0.3 is 4.74 Å². The molecule has 0 aliphatic rings. The molecule has 0 aliphatic carbocycles. The topological polar surface area (TPSA) is 35.0 Å². The second kappa shape index (κ2) is 4.09. The Morgan fingerprint density at radius 1 is 1.13 bits per heavy atom. The van der Waals surface area contributed by atoms with E-state index in [2.05, 4.69) is 22.5 Å². The van der Waals surface area contributed by atoms with E-state index in [1.165, 1.54) is 11.1 Å². The van der Waals surface area contributed by atoms with Gasteiger partial charge in [-0.25, -0.2) is 0 Å². The Labute approximate surface area is 88.7 Å². The molecular formula is C12H11N2O. The molecule has 0 amide bonds. The maximum absolute atomic E-state index is 5.55. The van der Waals surface area contributed by atoms with Crippen molar-refractivity contribution in [1.29, 1.82) is 0 Å². The minimum Gasteiger partial charge on any atom is -0.438 e. The summed E-state index contributed by atoms with van der Waals surface area (Å²) in [6.45, 7) is 4.06. The van der Waals surface area contributed by atoms with Crippen molar-refractivity contribution in [3.63, 3.8) is 0 Å². The maximum Gasteiger partial charge on any atom is 0.238 e. The van der Waals surface area contributed by atoms with E-state index in [9.17, 15) is 0 Å². The van der Waals surface area contributed by atoms with Gasteiger partial charge in [-0.2, -0.15) is 0 Å². The van der Waals surface area contributed by atoms with Crippen LogP contribution in [0.15, 0.2) is 30.3 Å². The quantitative estimate of drug-likeness (QED) is 0.745. The van der Waals surface area contributed by atoms with Crippen molar-refractivity contribution in [1.82, 2.24) is 10.2 Å². The first-order chi connectivity index (χ1) is 7.24. The zero-order valence-corrected chi connectivity index (χ0v) is 8.69. The summed E-state index contributed by atoms with van der Waals surface area (Å²) in [6.07, 6.45) is 2.60. The number of aryl methyl sites for hydroxylation is 2. The molecule has 1 heterocycles. The Kier molecular flexibility index (Phi) is 2.63. The molecule has 0 unspecified atom stereocenters. The number of ether oxygens (including phenoxy) is 1.